The first-order chi connectivity index (χ1) is 12.1. The van der Waals surface area contributed by atoms with Crippen molar-refractivity contribution in [1.82, 2.24) is 10.2 Å². The Kier molecular flexibility index (Phi) is 4.40. The molecule has 1 aromatic rings. The van der Waals surface area contributed by atoms with Crippen LogP contribution < -0.4 is 11.1 Å². The van der Waals surface area contributed by atoms with Gasteiger partial charge in [0.05, 0.1) is 12.0 Å². The third-order valence-corrected chi connectivity index (χ3v) is 6.09. The van der Waals surface area contributed by atoms with Crippen LogP contribution in [0.15, 0.2) is 18.2 Å². The normalized spacial score (nSPS) is 26.7. The van der Waals surface area contributed by atoms with Crippen LogP contribution >= 0.6 is 0 Å². The first kappa shape index (κ1) is 16.4. The van der Waals surface area contributed by atoms with E-state index in [0.717, 1.165) is 37.8 Å². The molecule has 2 amide bonds. The van der Waals surface area contributed by atoms with Gasteiger partial charge >= 0.3 is 0 Å². The molecule has 0 spiro atoms. The highest BCUT2D eigenvalue weighted by Crippen LogP contribution is 2.33. The third-order valence-electron chi connectivity index (χ3n) is 6.09. The predicted octanol–water partition coefficient (Wildman–Crippen LogP) is 2.55. The molecular weight excluding hydrogens is 314 g/mol. The number of anilines is 1. The Hall–Kier alpha value is -2.04. The first-order valence-electron chi connectivity index (χ1n) is 9.60. The average molecular weight is 341 g/mol. The molecule has 1 aliphatic heterocycles. The van der Waals surface area contributed by atoms with Gasteiger partial charge < -0.3 is 16.0 Å². The van der Waals surface area contributed by atoms with Crippen LogP contribution in [-0.2, 0) is 16.0 Å². The number of nitrogens with zero attached hydrogens (tertiary/aromatic N) is 1. The fourth-order valence-electron chi connectivity index (χ4n) is 4.75. The summed E-state index contributed by atoms with van der Waals surface area (Å²) >= 11 is 0. The summed E-state index contributed by atoms with van der Waals surface area (Å²) in [5.74, 6) is -0.0142. The molecule has 4 rings (SSSR count). The van der Waals surface area contributed by atoms with Crippen molar-refractivity contribution in [3.63, 3.8) is 0 Å². The lowest BCUT2D eigenvalue weighted by Gasteiger charge is -2.28. The van der Waals surface area contributed by atoms with E-state index in [-0.39, 0.29) is 23.8 Å². The van der Waals surface area contributed by atoms with Crippen molar-refractivity contribution < 1.29 is 9.59 Å². The van der Waals surface area contributed by atoms with Gasteiger partial charge in [0, 0.05) is 24.7 Å². The molecule has 2 atom stereocenters. The Balaban J connectivity index is 1.42. The van der Waals surface area contributed by atoms with Gasteiger partial charge in [-0.2, -0.15) is 0 Å². The van der Waals surface area contributed by atoms with Gasteiger partial charge in [0.25, 0.3) is 0 Å². The summed E-state index contributed by atoms with van der Waals surface area (Å²) in [5, 5.41) is 3.21. The fraction of sp³-hybridized carbons (Fsp3) is 0.600. The highest BCUT2D eigenvalue weighted by Gasteiger charge is 2.39. The number of carbonyl (C=O) groups excluding carboxylic acids is 2. The maximum atomic E-state index is 12.8. The second kappa shape index (κ2) is 6.70. The Morgan fingerprint density at radius 3 is 2.76 bits per heavy atom. The topological polar surface area (TPSA) is 75.4 Å². The van der Waals surface area contributed by atoms with Crippen molar-refractivity contribution in [1.29, 1.82) is 0 Å². The highest BCUT2D eigenvalue weighted by atomic mass is 16.2. The molecule has 5 heteroatoms. The second-order valence-electron chi connectivity index (χ2n) is 7.80. The molecule has 2 unspecified atom stereocenters. The van der Waals surface area contributed by atoms with Gasteiger partial charge in [-0.15, -0.1) is 0 Å². The highest BCUT2D eigenvalue weighted by molar-refractivity contribution is 5.89. The van der Waals surface area contributed by atoms with Crippen LogP contribution in [0.25, 0.3) is 0 Å². The van der Waals surface area contributed by atoms with Crippen LogP contribution in [0.3, 0.4) is 0 Å². The van der Waals surface area contributed by atoms with Crippen molar-refractivity contribution in [2.45, 2.75) is 63.5 Å². The van der Waals surface area contributed by atoms with Gasteiger partial charge in [-0.3, -0.25) is 9.59 Å². The molecule has 134 valence electrons. The molecular formula is C20H27N3O2. The van der Waals surface area contributed by atoms with Crippen LogP contribution in [0.2, 0.25) is 0 Å². The van der Waals surface area contributed by atoms with Gasteiger partial charge in [-0.1, -0.05) is 18.9 Å². The van der Waals surface area contributed by atoms with Gasteiger partial charge in [-0.25, -0.2) is 0 Å². The monoisotopic (exact) mass is 341 g/mol. The van der Waals surface area contributed by atoms with Crippen LogP contribution in [0.1, 0.15) is 62.1 Å². The largest absolute Gasteiger partial charge is 0.399 e. The van der Waals surface area contributed by atoms with Crippen LogP contribution in [0.5, 0.6) is 0 Å². The molecule has 0 radical (unpaired) electrons. The molecule has 25 heavy (non-hydrogen) atoms. The van der Waals surface area contributed by atoms with E-state index in [1.54, 1.807) is 0 Å². The SMILES string of the molecule is Nc1ccc2c(c1)CCCC2NC(=O)C1CC(=O)N(C2CCCC2)C1. The Morgan fingerprint density at radius 1 is 1.16 bits per heavy atom. The van der Waals surface area contributed by atoms with Crippen molar-refractivity contribution in [3.05, 3.63) is 29.3 Å². The zero-order valence-corrected chi connectivity index (χ0v) is 14.7. The number of aryl methyl sites for hydroxylation is 1. The predicted molar refractivity (Wildman–Crippen MR) is 96.8 cm³/mol. The van der Waals surface area contributed by atoms with Gasteiger partial charge in [0.1, 0.15) is 0 Å². The molecule has 2 aliphatic carbocycles. The summed E-state index contributed by atoms with van der Waals surface area (Å²) in [6.07, 6.45) is 7.98. The maximum absolute atomic E-state index is 12.8. The third kappa shape index (κ3) is 3.24. The standard InChI is InChI=1S/C20H27N3O2/c21-15-8-9-17-13(10-15)4-3-7-18(17)22-20(25)14-11-19(24)23(12-14)16-5-1-2-6-16/h8-10,14,16,18H,1-7,11-12,21H2,(H,22,25). The number of fused-ring (bicyclic) bond motifs is 1. The number of hydrogen-bond acceptors (Lipinski definition) is 3. The Morgan fingerprint density at radius 2 is 1.96 bits per heavy atom. The number of nitrogen functional groups attached to an aromatic ring is 1. The van der Waals surface area contributed by atoms with E-state index < -0.39 is 0 Å². The number of benzene rings is 1. The smallest absolute Gasteiger partial charge is 0.225 e. The van der Waals surface area contributed by atoms with E-state index in [0.29, 0.717) is 19.0 Å². The second-order valence-corrected chi connectivity index (χ2v) is 7.80. The number of nitrogens with two attached hydrogens (primary N) is 1. The molecule has 0 aromatic heterocycles. The quantitative estimate of drug-likeness (QED) is 0.830. The molecule has 3 N–H and O–H groups in total. The molecule has 2 fully saturated rings. The van der Waals surface area contributed by atoms with Gasteiger partial charge in [0.15, 0.2) is 0 Å². The zero-order chi connectivity index (χ0) is 17.4. The lowest BCUT2D eigenvalue weighted by Crippen LogP contribution is -2.38. The molecule has 1 heterocycles. The van der Waals surface area contributed by atoms with Crippen molar-refractivity contribution in [2.75, 3.05) is 12.3 Å². The van der Waals surface area contributed by atoms with Crippen molar-refractivity contribution >= 4 is 17.5 Å². The molecule has 1 aromatic carbocycles. The molecule has 3 aliphatic rings. The summed E-state index contributed by atoms with van der Waals surface area (Å²) in [4.78, 5) is 27.1. The minimum Gasteiger partial charge on any atom is -0.399 e. The van der Waals surface area contributed by atoms with Crippen LogP contribution in [-0.4, -0.2) is 29.3 Å². The van der Waals surface area contributed by atoms with Gasteiger partial charge in [0.2, 0.25) is 11.8 Å². The number of amides is 2. The van der Waals surface area contributed by atoms with Crippen molar-refractivity contribution in [2.24, 2.45) is 5.92 Å². The number of carbonyl (C=O) groups is 2. The summed E-state index contributed by atoms with van der Waals surface area (Å²) in [6.45, 7) is 0.594. The van der Waals surface area contributed by atoms with E-state index in [9.17, 15) is 9.59 Å². The van der Waals surface area contributed by atoms with E-state index in [2.05, 4.69) is 5.32 Å². The first-order valence-corrected chi connectivity index (χ1v) is 9.60. The number of nitrogens with one attached hydrogen (secondary N) is 1. The van der Waals surface area contributed by atoms with Gasteiger partial charge in [-0.05, 0) is 55.4 Å². The maximum Gasteiger partial charge on any atom is 0.225 e. The van der Waals surface area contributed by atoms with E-state index >= 15 is 0 Å². The number of likely N-dealkylation sites (tertiary alicyclic amines) is 1. The van der Waals surface area contributed by atoms with E-state index in [4.69, 9.17) is 5.73 Å². The van der Waals surface area contributed by atoms with Crippen LogP contribution in [0, 0.1) is 5.92 Å². The lowest BCUT2D eigenvalue weighted by atomic mass is 9.87. The van der Waals surface area contributed by atoms with Crippen LogP contribution in [0.4, 0.5) is 5.69 Å². The van der Waals surface area contributed by atoms with E-state index in [1.165, 1.54) is 24.0 Å². The minimum absolute atomic E-state index is 0.0310. The summed E-state index contributed by atoms with van der Waals surface area (Å²) in [7, 11) is 0. The molecule has 1 saturated carbocycles. The summed E-state index contributed by atoms with van der Waals surface area (Å²) < 4.78 is 0. The average Bonchev–Trinajstić information content (AvgIpc) is 3.24. The minimum atomic E-state index is -0.202. The fourth-order valence-corrected chi connectivity index (χ4v) is 4.75. The molecule has 5 nitrogen and oxygen atoms in total. The summed E-state index contributed by atoms with van der Waals surface area (Å²) in [6, 6.07) is 6.38. The summed E-state index contributed by atoms with van der Waals surface area (Å²) in [5.41, 5.74) is 9.09. The Labute approximate surface area is 148 Å². The Bertz CT molecular complexity index is 682. The zero-order valence-electron chi connectivity index (χ0n) is 14.7. The van der Waals surface area contributed by atoms with Crippen molar-refractivity contribution in [3.8, 4) is 0 Å². The molecule has 1 saturated heterocycles. The number of rotatable bonds is 3. The lowest BCUT2D eigenvalue weighted by molar-refractivity contribution is -0.130. The number of hydrogen-bond donors (Lipinski definition) is 2. The molecule has 0 bridgehead atoms. The van der Waals surface area contributed by atoms with E-state index in [1.807, 2.05) is 23.1 Å².